The summed E-state index contributed by atoms with van der Waals surface area (Å²) in [6, 6.07) is 0. The van der Waals surface area contributed by atoms with E-state index in [9.17, 15) is 0 Å². The number of rotatable bonds is 5. The second-order valence-corrected chi connectivity index (χ2v) is 3.91. The number of hydrogen-bond acceptors (Lipinski definition) is 3. The SMILES string of the molecule is CCC.CCCNCCN1CCOCC1. The van der Waals surface area contributed by atoms with Gasteiger partial charge in [-0.1, -0.05) is 27.2 Å². The van der Waals surface area contributed by atoms with Crippen LogP contribution in [0.3, 0.4) is 0 Å². The largest absolute Gasteiger partial charge is 0.379 e. The smallest absolute Gasteiger partial charge is 0.0594 e. The lowest BCUT2D eigenvalue weighted by Crippen LogP contribution is -2.40. The van der Waals surface area contributed by atoms with E-state index in [4.69, 9.17) is 4.74 Å². The van der Waals surface area contributed by atoms with Crippen LogP contribution in [0.2, 0.25) is 0 Å². The highest BCUT2D eigenvalue weighted by molar-refractivity contribution is 4.62. The highest BCUT2D eigenvalue weighted by Gasteiger charge is 2.08. The second kappa shape index (κ2) is 12.0. The van der Waals surface area contributed by atoms with Crippen LogP contribution in [0.5, 0.6) is 0 Å². The number of ether oxygens (including phenoxy) is 1. The zero-order chi connectivity index (χ0) is 11.4. The van der Waals surface area contributed by atoms with Crippen LogP contribution in [-0.2, 0) is 4.74 Å². The summed E-state index contributed by atoms with van der Waals surface area (Å²) in [6.45, 7) is 13.9. The first-order chi connectivity index (χ1) is 7.35. The lowest BCUT2D eigenvalue weighted by molar-refractivity contribution is 0.0384. The van der Waals surface area contributed by atoms with Gasteiger partial charge in [0.25, 0.3) is 0 Å². The third kappa shape index (κ3) is 10.2. The monoisotopic (exact) mass is 216 g/mol. The van der Waals surface area contributed by atoms with Crippen LogP contribution in [0, 0.1) is 0 Å². The topological polar surface area (TPSA) is 24.5 Å². The molecule has 3 heteroatoms. The molecular weight excluding hydrogens is 188 g/mol. The maximum Gasteiger partial charge on any atom is 0.0594 e. The Morgan fingerprint density at radius 2 is 1.67 bits per heavy atom. The van der Waals surface area contributed by atoms with E-state index in [2.05, 4.69) is 31.0 Å². The average Bonchev–Trinajstić information content (AvgIpc) is 2.27. The minimum absolute atomic E-state index is 0.910. The summed E-state index contributed by atoms with van der Waals surface area (Å²) >= 11 is 0. The molecule has 3 nitrogen and oxygen atoms in total. The maximum atomic E-state index is 5.27. The van der Waals surface area contributed by atoms with Gasteiger partial charge < -0.3 is 10.1 Å². The minimum atomic E-state index is 0.910. The lowest BCUT2D eigenvalue weighted by atomic mass is 10.4. The average molecular weight is 216 g/mol. The van der Waals surface area contributed by atoms with E-state index in [1.54, 1.807) is 0 Å². The summed E-state index contributed by atoms with van der Waals surface area (Å²) in [7, 11) is 0. The second-order valence-electron chi connectivity index (χ2n) is 3.91. The fraction of sp³-hybridized carbons (Fsp3) is 1.00. The van der Waals surface area contributed by atoms with Crippen molar-refractivity contribution < 1.29 is 4.74 Å². The summed E-state index contributed by atoms with van der Waals surface area (Å²) in [5.74, 6) is 0. The molecule has 1 N–H and O–H groups in total. The molecule has 0 atom stereocenters. The van der Waals surface area contributed by atoms with Crippen LogP contribution < -0.4 is 5.32 Å². The molecule has 1 heterocycles. The molecule has 0 radical (unpaired) electrons. The van der Waals surface area contributed by atoms with Crippen molar-refractivity contribution in [3.05, 3.63) is 0 Å². The Morgan fingerprint density at radius 1 is 1.07 bits per heavy atom. The molecule has 1 aliphatic rings. The van der Waals surface area contributed by atoms with Crippen molar-refractivity contribution in [1.29, 1.82) is 0 Å². The van der Waals surface area contributed by atoms with E-state index in [1.807, 2.05) is 0 Å². The fourth-order valence-corrected chi connectivity index (χ4v) is 1.36. The van der Waals surface area contributed by atoms with E-state index in [0.717, 1.165) is 39.4 Å². The predicted octanol–water partition coefficient (Wildman–Crippen LogP) is 1.73. The van der Waals surface area contributed by atoms with Crippen LogP contribution >= 0.6 is 0 Å². The van der Waals surface area contributed by atoms with E-state index >= 15 is 0 Å². The first-order valence-electron chi connectivity index (χ1n) is 6.35. The highest BCUT2D eigenvalue weighted by Crippen LogP contribution is 1.94. The maximum absolute atomic E-state index is 5.27. The van der Waals surface area contributed by atoms with Crippen molar-refractivity contribution in [3.8, 4) is 0 Å². The van der Waals surface area contributed by atoms with Crippen LogP contribution in [0.1, 0.15) is 33.6 Å². The van der Waals surface area contributed by atoms with Crippen LogP contribution in [0.15, 0.2) is 0 Å². The molecule has 92 valence electrons. The zero-order valence-electron chi connectivity index (χ0n) is 10.7. The lowest BCUT2D eigenvalue weighted by Gasteiger charge is -2.26. The fourth-order valence-electron chi connectivity index (χ4n) is 1.36. The Morgan fingerprint density at radius 3 is 2.20 bits per heavy atom. The van der Waals surface area contributed by atoms with Gasteiger partial charge in [-0.15, -0.1) is 0 Å². The highest BCUT2D eigenvalue weighted by atomic mass is 16.5. The molecule has 0 saturated carbocycles. The van der Waals surface area contributed by atoms with Crippen molar-refractivity contribution in [1.82, 2.24) is 10.2 Å². The molecule has 0 aromatic rings. The van der Waals surface area contributed by atoms with Crippen molar-refractivity contribution in [2.75, 3.05) is 45.9 Å². The summed E-state index contributed by atoms with van der Waals surface area (Å²) in [6.07, 6.45) is 2.48. The molecule has 1 saturated heterocycles. The van der Waals surface area contributed by atoms with Gasteiger partial charge in [-0.3, -0.25) is 4.90 Å². The van der Waals surface area contributed by atoms with Gasteiger partial charge in [0, 0.05) is 26.2 Å². The normalized spacial score (nSPS) is 17.0. The van der Waals surface area contributed by atoms with E-state index in [0.29, 0.717) is 0 Å². The Labute approximate surface area is 95.2 Å². The van der Waals surface area contributed by atoms with Crippen LogP contribution in [0.25, 0.3) is 0 Å². The Balaban J connectivity index is 0.000000583. The first-order valence-corrected chi connectivity index (χ1v) is 6.35. The van der Waals surface area contributed by atoms with Crippen molar-refractivity contribution in [2.24, 2.45) is 0 Å². The van der Waals surface area contributed by atoms with E-state index in [1.165, 1.54) is 19.4 Å². The van der Waals surface area contributed by atoms with Crippen LogP contribution in [0.4, 0.5) is 0 Å². The number of hydrogen-bond donors (Lipinski definition) is 1. The third-order valence-electron chi connectivity index (χ3n) is 2.14. The summed E-state index contributed by atoms with van der Waals surface area (Å²) in [4.78, 5) is 2.45. The van der Waals surface area contributed by atoms with Gasteiger partial charge in [0.15, 0.2) is 0 Å². The standard InChI is InChI=1S/C9H20N2O.C3H8/c1-2-3-10-4-5-11-6-8-12-9-7-11;1-3-2/h10H,2-9H2,1H3;3H2,1-2H3. The minimum Gasteiger partial charge on any atom is -0.379 e. The molecule has 1 rings (SSSR count). The van der Waals surface area contributed by atoms with Gasteiger partial charge >= 0.3 is 0 Å². The summed E-state index contributed by atoms with van der Waals surface area (Å²) in [5, 5.41) is 3.40. The Bertz CT molecular complexity index is 114. The predicted molar refractivity (Wildman–Crippen MR) is 66.4 cm³/mol. The van der Waals surface area contributed by atoms with Gasteiger partial charge in [-0.2, -0.15) is 0 Å². The Kier molecular flexibility index (Phi) is 11.9. The van der Waals surface area contributed by atoms with Crippen molar-refractivity contribution >= 4 is 0 Å². The molecule has 0 amide bonds. The molecule has 0 unspecified atom stereocenters. The van der Waals surface area contributed by atoms with Gasteiger partial charge in [-0.05, 0) is 13.0 Å². The molecule has 0 aliphatic carbocycles. The van der Waals surface area contributed by atoms with Gasteiger partial charge in [0.2, 0.25) is 0 Å². The molecule has 15 heavy (non-hydrogen) atoms. The van der Waals surface area contributed by atoms with E-state index in [-0.39, 0.29) is 0 Å². The van der Waals surface area contributed by atoms with Gasteiger partial charge in [0.1, 0.15) is 0 Å². The first kappa shape index (κ1) is 14.9. The number of morpholine rings is 1. The molecule has 0 spiro atoms. The van der Waals surface area contributed by atoms with Crippen molar-refractivity contribution in [2.45, 2.75) is 33.6 Å². The third-order valence-corrected chi connectivity index (χ3v) is 2.14. The van der Waals surface area contributed by atoms with Gasteiger partial charge in [0.05, 0.1) is 13.2 Å². The summed E-state index contributed by atoms with van der Waals surface area (Å²) in [5.41, 5.74) is 0. The molecule has 0 aromatic heterocycles. The molecule has 0 bridgehead atoms. The zero-order valence-corrected chi connectivity index (χ0v) is 10.7. The molecule has 1 fully saturated rings. The Hall–Kier alpha value is -0.120. The molecule has 0 aromatic carbocycles. The quantitative estimate of drug-likeness (QED) is 0.708. The van der Waals surface area contributed by atoms with Gasteiger partial charge in [-0.25, -0.2) is 0 Å². The van der Waals surface area contributed by atoms with E-state index < -0.39 is 0 Å². The number of nitrogens with zero attached hydrogens (tertiary/aromatic N) is 1. The molecular formula is C12H28N2O. The molecule has 1 aliphatic heterocycles. The van der Waals surface area contributed by atoms with Crippen LogP contribution in [-0.4, -0.2) is 50.8 Å². The number of nitrogens with one attached hydrogen (secondary N) is 1. The summed E-state index contributed by atoms with van der Waals surface area (Å²) < 4.78 is 5.27. The van der Waals surface area contributed by atoms with Crippen molar-refractivity contribution in [3.63, 3.8) is 0 Å².